The van der Waals surface area contributed by atoms with Gasteiger partial charge in [-0.25, -0.2) is 22.0 Å². The van der Waals surface area contributed by atoms with Gasteiger partial charge in [0.2, 0.25) is 5.82 Å². The number of esters is 1. The average Bonchev–Trinajstić information content (AvgIpc) is 2.49. The first-order valence-corrected chi connectivity index (χ1v) is 6.12. The van der Waals surface area contributed by atoms with Crippen LogP contribution in [0.5, 0.6) is 0 Å². The molecule has 2 nitrogen and oxygen atoms in total. The second kappa shape index (κ2) is 7.75. The van der Waals surface area contributed by atoms with Gasteiger partial charge < -0.3 is 4.74 Å². The fraction of sp³-hybridized carbons (Fsp3) is 0.357. The van der Waals surface area contributed by atoms with Crippen LogP contribution in [0.4, 0.5) is 22.0 Å². The van der Waals surface area contributed by atoms with Crippen LogP contribution in [0.25, 0.3) is 0 Å². The lowest BCUT2D eigenvalue weighted by molar-refractivity contribution is -0.139. The highest BCUT2D eigenvalue weighted by molar-refractivity contribution is 5.70. The minimum absolute atomic E-state index is 0.0546. The van der Waals surface area contributed by atoms with E-state index < -0.39 is 40.6 Å². The third-order valence-electron chi connectivity index (χ3n) is 2.78. The molecule has 0 unspecified atom stereocenters. The highest BCUT2D eigenvalue weighted by Crippen LogP contribution is 2.24. The van der Waals surface area contributed by atoms with E-state index in [1.54, 1.807) is 6.08 Å². The Labute approximate surface area is 118 Å². The summed E-state index contributed by atoms with van der Waals surface area (Å²) in [5.74, 6) is -10.1. The van der Waals surface area contributed by atoms with Crippen molar-refractivity contribution in [2.45, 2.75) is 25.7 Å². The van der Waals surface area contributed by atoms with Crippen molar-refractivity contribution < 1.29 is 31.5 Å². The van der Waals surface area contributed by atoms with Crippen molar-refractivity contribution in [1.82, 2.24) is 0 Å². The molecule has 7 heteroatoms. The van der Waals surface area contributed by atoms with Crippen molar-refractivity contribution in [3.8, 4) is 0 Å². The zero-order chi connectivity index (χ0) is 16.0. The fourth-order valence-electron chi connectivity index (χ4n) is 1.65. The second-order valence-corrected chi connectivity index (χ2v) is 4.19. The molecule has 0 saturated carbocycles. The maximum absolute atomic E-state index is 13.3. The van der Waals surface area contributed by atoms with Gasteiger partial charge in [0, 0.05) is 5.56 Å². The van der Waals surface area contributed by atoms with Gasteiger partial charge in [-0.3, -0.25) is 4.79 Å². The predicted molar refractivity (Wildman–Crippen MR) is 64.9 cm³/mol. The highest BCUT2D eigenvalue weighted by Gasteiger charge is 2.24. The highest BCUT2D eigenvalue weighted by atomic mass is 19.2. The second-order valence-electron chi connectivity index (χ2n) is 4.19. The molecule has 1 aromatic carbocycles. The van der Waals surface area contributed by atoms with E-state index >= 15 is 0 Å². The topological polar surface area (TPSA) is 26.3 Å². The van der Waals surface area contributed by atoms with Crippen molar-refractivity contribution in [2.75, 3.05) is 7.11 Å². The monoisotopic (exact) mass is 308 g/mol. The number of benzene rings is 1. The molecule has 0 radical (unpaired) electrons. The van der Waals surface area contributed by atoms with Crippen LogP contribution in [-0.2, 0) is 16.0 Å². The molecular weight excluding hydrogens is 295 g/mol. The number of rotatable bonds is 6. The van der Waals surface area contributed by atoms with Gasteiger partial charge in [0.1, 0.15) is 0 Å². The van der Waals surface area contributed by atoms with Crippen molar-refractivity contribution in [2.24, 2.45) is 0 Å². The Morgan fingerprint density at radius 2 is 1.48 bits per heavy atom. The molecule has 116 valence electrons. The van der Waals surface area contributed by atoms with Gasteiger partial charge in [-0.05, 0) is 19.3 Å². The smallest absolute Gasteiger partial charge is 0.309 e. The van der Waals surface area contributed by atoms with E-state index in [1.807, 2.05) is 0 Å². The average molecular weight is 308 g/mol. The number of hydrogen-bond donors (Lipinski definition) is 0. The molecule has 0 heterocycles. The number of hydrogen-bond acceptors (Lipinski definition) is 2. The number of allylic oxidation sites excluding steroid dienone is 1. The number of unbranched alkanes of at least 4 members (excludes halogenated alkanes) is 1. The molecule has 0 atom stereocenters. The summed E-state index contributed by atoms with van der Waals surface area (Å²) in [6.07, 6.45) is 3.34. The Hall–Kier alpha value is -1.92. The summed E-state index contributed by atoms with van der Waals surface area (Å²) < 4.78 is 69.7. The first kappa shape index (κ1) is 17.1. The van der Waals surface area contributed by atoms with E-state index in [9.17, 15) is 26.7 Å². The maximum atomic E-state index is 13.3. The number of carbonyl (C=O) groups excluding carboxylic acids is 1. The van der Waals surface area contributed by atoms with Crippen molar-refractivity contribution in [3.63, 3.8) is 0 Å². The Kier molecular flexibility index (Phi) is 6.33. The fourth-order valence-corrected chi connectivity index (χ4v) is 1.65. The molecule has 21 heavy (non-hydrogen) atoms. The molecule has 0 N–H and O–H groups in total. The normalized spacial score (nSPS) is 11.1. The lowest BCUT2D eigenvalue weighted by Crippen LogP contribution is -2.07. The van der Waals surface area contributed by atoms with Crippen LogP contribution < -0.4 is 0 Å². The molecular formula is C14H13F5O2. The van der Waals surface area contributed by atoms with Crippen LogP contribution in [0.15, 0.2) is 12.2 Å². The quantitative estimate of drug-likeness (QED) is 0.199. The van der Waals surface area contributed by atoms with E-state index in [0.717, 1.165) is 0 Å². The molecule has 0 saturated heterocycles. The third kappa shape index (κ3) is 4.27. The van der Waals surface area contributed by atoms with Gasteiger partial charge in [0.15, 0.2) is 23.3 Å². The van der Waals surface area contributed by atoms with E-state index in [4.69, 9.17) is 0 Å². The Morgan fingerprint density at radius 1 is 0.952 bits per heavy atom. The zero-order valence-corrected chi connectivity index (χ0v) is 11.2. The first-order chi connectivity index (χ1) is 9.90. The number of halogens is 5. The summed E-state index contributed by atoms with van der Waals surface area (Å²) in [7, 11) is 1.24. The van der Waals surface area contributed by atoms with Gasteiger partial charge >= 0.3 is 5.97 Å². The number of carbonyl (C=O) groups is 1. The van der Waals surface area contributed by atoms with Crippen molar-refractivity contribution >= 4 is 5.97 Å². The standard InChI is InChI=1S/C14H13F5O2/c1-21-9(20)7-5-3-2-4-6-8-10(15)12(17)14(19)13(18)11(8)16/h3,5H,2,4,6-7H2,1H3. The van der Waals surface area contributed by atoms with Crippen LogP contribution in [0.1, 0.15) is 24.8 Å². The molecule has 0 aromatic heterocycles. The summed E-state index contributed by atoms with van der Waals surface area (Å²) in [5, 5.41) is 0. The van der Waals surface area contributed by atoms with E-state index in [-0.39, 0.29) is 19.3 Å². The van der Waals surface area contributed by atoms with Crippen LogP contribution in [0.2, 0.25) is 0 Å². The minimum Gasteiger partial charge on any atom is -0.469 e. The Bertz CT molecular complexity index is 526. The lowest BCUT2D eigenvalue weighted by Gasteiger charge is -2.07. The molecule has 0 spiro atoms. The van der Waals surface area contributed by atoms with Gasteiger partial charge in [-0.15, -0.1) is 0 Å². The molecule has 0 aliphatic heterocycles. The van der Waals surface area contributed by atoms with Crippen molar-refractivity contribution in [3.05, 3.63) is 46.8 Å². The summed E-state index contributed by atoms with van der Waals surface area (Å²) in [4.78, 5) is 10.8. The summed E-state index contributed by atoms with van der Waals surface area (Å²) in [6.45, 7) is 0. The first-order valence-electron chi connectivity index (χ1n) is 6.12. The largest absolute Gasteiger partial charge is 0.469 e. The third-order valence-corrected chi connectivity index (χ3v) is 2.78. The predicted octanol–water partition coefficient (Wildman–Crippen LogP) is 3.82. The number of ether oxygens (including phenoxy) is 1. The van der Waals surface area contributed by atoms with E-state index in [0.29, 0.717) is 6.42 Å². The molecule has 0 amide bonds. The van der Waals surface area contributed by atoms with Crippen LogP contribution in [0.3, 0.4) is 0 Å². The van der Waals surface area contributed by atoms with Crippen LogP contribution in [0, 0.1) is 29.1 Å². The molecule has 0 fully saturated rings. The maximum Gasteiger partial charge on any atom is 0.309 e. The SMILES string of the molecule is COC(=O)CC=CCCCc1c(F)c(F)c(F)c(F)c1F. The number of methoxy groups -OCH3 is 1. The summed E-state index contributed by atoms with van der Waals surface area (Å²) >= 11 is 0. The molecule has 0 aliphatic rings. The van der Waals surface area contributed by atoms with Crippen LogP contribution >= 0.6 is 0 Å². The molecule has 1 rings (SSSR count). The van der Waals surface area contributed by atoms with Gasteiger partial charge in [-0.2, -0.15) is 0 Å². The lowest BCUT2D eigenvalue weighted by atomic mass is 10.1. The minimum atomic E-state index is -2.16. The zero-order valence-electron chi connectivity index (χ0n) is 11.2. The Morgan fingerprint density at radius 3 is 2.00 bits per heavy atom. The van der Waals surface area contributed by atoms with E-state index in [1.165, 1.54) is 13.2 Å². The van der Waals surface area contributed by atoms with Gasteiger partial charge in [-0.1, -0.05) is 12.2 Å². The van der Waals surface area contributed by atoms with E-state index in [2.05, 4.69) is 4.74 Å². The van der Waals surface area contributed by atoms with Crippen LogP contribution in [-0.4, -0.2) is 13.1 Å². The summed E-state index contributed by atoms with van der Waals surface area (Å²) in [5.41, 5.74) is -0.826. The molecule has 0 bridgehead atoms. The van der Waals surface area contributed by atoms with Gasteiger partial charge in [0.25, 0.3) is 0 Å². The molecule has 0 aliphatic carbocycles. The van der Waals surface area contributed by atoms with Gasteiger partial charge in [0.05, 0.1) is 13.5 Å². The van der Waals surface area contributed by atoms with Crippen molar-refractivity contribution in [1.29, 1.82) is 0 Å². The Balaban J connectivity index is 2.63. The summed E-state index contributed by atoms with van der Waals surface area (Å²) in [6, 6.07) is 0. The molecule has 1 aromatic rings.